The molecular weight excluding hydrogens is 336 g/mol. The highest BCUT2D eigenvalue weighted by molar-refractivity contribution is 7.92. The van der Waals surface area contributed by atoms with E-state index in [0.29, 0.717) is 0 Å². The van der Waals surface area contributed by atoms with Crippen molar-refractivity contribution in [1.29, 1.82) is 0 Å². The van der Waals surface area contributed by atoms with E-state index >= 15 is 0 Å². The topological polar surface area (TPSA) is 108 Å². The maximum atomic E-state index is 12.5. The van der Waals surface area contributed by atoms with Gasteiger partial charge in [0.1, 0.15) is 18.9 Å². The van der Waals surface area contributed by atoms with Gasteiger partial charge in [0.05, 0.1) is 15.9 Å². The molecule has 0 saturated carbocycles. The number of aryl methyl sites for hydroxylation is 1. The number of nitrogens with one attached hydrogen (secondary N) is 1. The lowest BCUT2D eigenvalue weighted by atomic mass is 10.2. The van der Waals surface area contributed by atoms with Crippen molar-refractivity contribution in [1.82, 2.24) is 0 Å². The molecule has 0 aliphatic carbocycles. The van der Waals surface area contributed by atoms with Gasteiger partial charge in [0.25, 0.3) is 15.7 Å². The lowest BCUT2D eigenvalue weighted by molar-refractivity contribution is -0.384. The van der Waals surface area contributed by atoms with Gasteiger partial charge in [-0.25, -0.2) is 8.42 Å². The first-order valence-electron chi connectivity index (χ1n) is 7.04. The van der Waals surface area contributed by atoms with Crippen LogP contribution in [0.4, 0.5) is 11.4 Å². The summed E-state index contributed by atoms with van der Waals surface area (Å²) in [6, 6.07) is 8.57. The van der Waals surface area contributed by atoms with Crippen LogP contribution in [0, 0.1) is 17.0 Å². The van der Waals surface area contributed by atoms with Crippen molar-refractivity contribution in [3.63, 3.8) is 0 Å². The van der Waals surface area contributed by atoms with Gasteiger partial charge in [-0.05, 0) is 19.1 Å². The van der Waals surface area contributed by atoms with Crippen LogP contribution >= 0.6 is 0 Å². The summed E-state index contributed by atoms with van der Waals surface area (Å²) in [5.41, 5.74) is 0.319. The molecule has 0 radical (unpaired) electrons. The first-order chi connectivity index (χ1) is 11.4. The second-order valence-corrected chi connectivity index (χ2v) is 6.87. The van der Waals surface area contributed by atoms with Gasteiger partial charge in [-0.2, -0.15) is 0 Å². The van der Waals surface area contributed by atoms with Crippen LogP contribution in [-0.2, 0) is 10.0 Å². The SMILES string of the molecule is Cc1ccc(S(=O)(=O)Nc2cc3c(cc2[N+](=O)[O-])OCCO3)cc1. The fourth-order valence-corrected chi connectivity index (χ4v) is 3.30. The van der Waals surface area contributed by atoms with Gasteiger partial charge in [0.15, 0.2) is 11.5 Å². The molecule has 0 amide bonds. The summed E-state index contributed by atoms with van der Waals surface area (Å²) in [6.45, 7) is 2.39. The number of hydrogen-bond donors (Lipinski definition) is 1. The van der Waals surface area contributed by atoms with Crippen LogP contribution in [0.2, 0.25) is 0 Å². The van der Waals surface area contributed by atoms with Crippen molar-refractivity contribution in [2.75, 3.05) is 17.9 Å². The molecule has 0 saturated heterocycles. The van der Waals surface area contributed by atoms with Gasteiger partial charge >= 0.3 is 0 Å². The Hall–Kier alpha value is -2.81. The lowest BCUT2D eigenvalue weighted by Crippen LogP contribution is -2.17. The largest absolute Gasteiger partial charge is 0.486 e. The molecule has 0 fully saturated rings. The molecule has 1 N–H and O–H groups in total. The van der Waals surface area contributed by atoms with Gasteiger partial charge in [0.2, 0.25) is 0 Å². The van der Waals surface area contributed by atoms with E-state index in [4.69, 9.17) is 9.47 Å². The molecule has 8 nitrogen and oxygen atoms in total. The Labute approximate surface area is 138 Å². The van der Waals surface area contributed by atoms with Gasteiger partial charge in [-0.1, -0.05) is 17.7 Å². The zero-order chi connectivity index (χ0) is 17.3. The van der Waals surface area contributed by atoms with E-state index in [-0.39, 0.29) is 35.3 Å². The Morgan fingerprint density at radius 3 is 2.25 bits per heavy atom. The molecule has 0 spiro atoms. The highest BCUT2D eigenvalue weighted by atomic mass is 32.2. The molecule has 24 heavy (non-hydrogen) atoms. The third kappa shape index (κ3) is 3.11. The third-order valence-corrected chi connectivity index (χ3v) is 4.81. The second kappa shape index (κ2) is 6.00. The second-order valence-electron chi connectivity index (χ2n) is 5.19. The zero-order valence-corrected chi connectivity index (χ0v) is 13.5. The molecule has 1 aliphatic rings. The molecule has 1 heterocycles. The molecule has 0 bridgehead atoms. The van der Waals surface area contributed by atoms with Crippen LogP contribution in [0.25, 0.3) is 0 Å². The van der Waals surface area contributed by atoms with E-state index in [9.17, 15) is 18.5 Å². The number of anilines is 1. The lowest BCUT2D eigenvalue weighted by Gasteiger charge is -2.19. The van der Waals surface area contributed by atoms with E-state index in [2.05, 4.69) is 4.72 Å². The number of rotatable bonds is 4. The summed E-state index contributed by atoms with van der Waals surface area (Å²) in [4.78, 5) is 10.6. The van der Waals surface area contributed by atoms with Crippen molar-refractivity contribution < 1.29 is 22.8 Å². The molecule has 0 atom stereocenters. The molecule has 126 valence electrons. The van der Waals surface area contributed by atoms with E-state index in [0.717, 1.165) is 11.6 Å². The summed E-state index contributed by atoms with van der Waals surface area (Å²) in [7, 11) is -3.96. The number of benzene rings is 2. The molecule has 1 aliphatic heterocycles. The van der Waals surface area contributed by atoms with Crippen molar-refractivity contribution in [3.05, 3.63) is 52.1 Å². The smallest absolute Gasteiger partial charge is 0.297 e. The van der Waals surface area contributed by atoms with Crippen LogP contribution < -0.4 is 14.2 Å². The van der Waals surface area contributed by atoms with Crippen LogP contribution in [0.5, 0.6) is 11.5 Å². The van der Waals surface area contributed by atoms with Gasteiger partial charge in [0, 0.05) is 6.07 Å². The average Bonchev–Trinajstić information content (AvgIpc) is 2.54. The minimum atomic E-state index is -3.96. The Morgan fingerprint density at radius 2 is 1.67 bits per heavy atom. The van der Waals surface area contributed by atoms with Crippen LogP contribution in [0.15, 0.2) is 41.3 Å². The maximum absolute atomic E-state index is 12.5. The van der Waals surface area contributed by atoms with Crippen LogP contribution in [0.3, 0.4) is 0 Å². The van der Waals surface area contributed by atoms with Gasteiger partial charge < -0.3 is 9.47 Å². The minimum Gasteiger partial charge on any atom is -0.486 e. The van der Waals surface area contributed by atoms with Gasteiger partial charge in [-0.3, -0.25) is 14.8 Å². The van der Waals surface area contributed by atoms with E-state index in [1.54, 1.807) is 12.1 Å². The highest BCUT2D eigenvalue weighted by Crippen LogP contribution is 2.40. The van der Waals surface area contributed by atoms with Crippen molar-refractivity contribution in [2.24, 2.45) is 0 Å². The molecule has 9 heteroatoms. The normalized spacial score (nSPS) is 13.4. The predicted octanol–water partition coefficient (Wildman–Crippen LogP) is 2.48. The van der Waals surface area contributed by atoms with Crippen molar-refractivity contribution >= 4 is 21.4 Å². The zero-order valence-electron chi connectivity index (χ0n) is 12.7. The number of hydrogen-bond acceptors (Lipinski definition) is 6. The quantitative estimate of drug-likeness (QED) is 0.670. The number of sulfonamides is 1. The number of nitro groups is 1. The summed E-state index contributed by atoms with van der Waals surface area (Å²) < 4.78 is 37.8. The van der Waals surface area contributed by atoms with Crippen molar-refractivity contribution in [3.8, 4) is 11.5 Å². The standard InChI is InChI=1S/C15H14N2O6S/c1-10-2-4-11(5-3-10)24(20,21)16-12-8-14-15(23-7-6-22-14)9-13(12)17(18)19/h2-5,8-9,16H,6-7H2,1H3. The third-order valence-electron chi connectivity index (χ3n) is 3.43. The molecule has 2 aromatic rings. The number of ether oxygens (including phenoxy) is 2. The number of nitrogens with zero attached hydrogens (tertiary/aromatic N) is 1. The number of fused-ring (bicyclic) bond motifs is 1. The Kier molecular flexibility index (Phi) is 4.02. The fraction of sp³-hybridized carbons (Fsp3) is 0.200. The van der Waals surface area contributed by atoms with E-state index in [1.807, 2.05) is 6.92 Å². The maximum Gasteiger partial charge on any atom is 0.297 e. The molecule has 0 unspecified atom stereocenters. The number of nitro benzene ring substituents is 1. The molecule has 0 aromatic heterocycles. The summed E-state index contributed by atoms with van der Waals surface area (Å²) in [5, 5.41) is 11.2. The van der Waals surface area contributed by atoms with E-state index in [1.165, 1.54) is 18.2 Å². The minimum absolute atomic E-state index is 0.0114. The van der Waals surface area contributed by atoms with Crippen LogP contribution in [0.1, 0.15) is 5.56 Å². The highest BCUT2D eigenvalue weighted by Gasteiger charge is 2.25. The molecule has 2 aromatic carbocycles. The molecular formula is C15H14N2O6S. The predicted molar refractivity (Wildman–Crippen MR) is 86.1 cm³/mol. The first kappa shape index (κ1) is 16.1. The molecule has 3 rings (SSSR count). The van der Waals surface area contributed by atoms with E-state index < -0.39 is 20.6 Å². The summed E-state index contributed by atoms with van der Waals surface area (Å²) in [5.74, 6) is 0.472. The van der Waals surface area contributed by atoms with Gasteiger partial charge in [-0.15, -0.1) is 0 Å². The average molecular weight is 350 g/mol. The fourth-order valence-electron chi connectivity index (χ4n) is 2.23. The summed E-state index contributed by atoms with van der Waals surface area (Å²) >= 11 is 0. The summed E-state index contributed by atoms with van der Waals surface area (Å²) in [6.07, 6.45) is 0. The monoisotopic (exact) mass is 350 g/mol. The Balaban J connectivity index is 2.02. The first-order valence-corrected chi connectivity index (χ1v) is 8.53. The Bertz CT molecular complexity index is 893. The van der Waals surface area contributed by atoms with Crippen molar-refractivity contribution in [2.45, 2.75) is 11.8 Å². The van der Waals surface area contributed by atoms with Crippen LogP contribution in [-0.4, -0.2) is 26.6 Å². The Morgan fingerprint density at radius 1 is 1.08 bits per heavy atom.